The highest BCUT2D eigenvalue weighted by Gasteiger charge is 2.24. The summed E-state index contributed by atoms with van der Waals surface area (Å²) < 4.78 is 4.98. The van der Waals surface area contributed by atoms with Gasteiger partial charge in [0.25, 0.3) is 5.91 Å². The maximum Gasteiger partial charge on any atom is 0.414 e. The predicted octanol–water partition coefficient (Wildman–Crippen LogP) is 3.95. The zero-order valence-electron chi connectivity index (χ0n) is 17.3. The molecule has 2 aromatic rings. The number of rotatable bonds is 6. The van der Waals surface area contributed by atoms with Gasteiger partial charge in [-0.1, -0.05) is 43.2 Å². The Hall–Kier alpha value is -2.86. The molecule has 6 nitrogen and oxygen atoms in total. The molecule has 0 atom stereocenters. The normalized spacial score (nSPS) is 17.5. The average molecular weight is 408 g/mol. The fourth-order valence-electron chi connectivity index (χ4n) is 4.12. The number of hydrogen-bond acceptors (Lipinski definition) is 4. The van der Waals surface area contributed by atoms with Gasteiger partial charge in [0.15, 0.2) is 0 Å². The van der Waals surface area contributed by atoms with E-state index in [9.17, 15) is 9.59 Å². The van der Waals surface area contributed by atoms with E-state index in [-0.39, 0.29) is 12.0 Å². The molecule has 0 unspecified atom stereocenters. The second-order valence-corrected chi connectivity index (χ2v) is 8.01. The number of anilines is 1. The van der Waals surface area contributed by atoms with Crippen LogP contribution in [0.5, 0.6) is 0 Å². The Morgan fingerprint density at radius 3 is 2.47 bits per heavy atom. The summed E-state index contributed by atoms with van der Waals surface area (Å²) in [6.45, 7) is 4.67. The fraction of sp³-hybridized carbons (Fsp3) is 0.417. The van der Waals surface area contributed by atoms with Crippen LogP contribution in [0.15, 0.2) is 48.5 Å². The number of carbonyl (C=O) groups excluding carboxylic acids is 2. The summed E-state index contributed by atoms with van der Waals surface area (Å²) in [7, 11) is 0. The molecular formula is C24H29N3O3. The SMILES string of the molecule is O=C(NCc1cccc(CN2CCCCCC2)c1)c1cccc(N2CCOC2=O)c1. The molecule has 2 aromatic carbocycles. The summed E-state index contributed by atoms with van der Waals surface area (Å²) in [6, 6.07) is 15.6. The summed E-state index contributed by atoms with van der Waals surface area (Å²) in [5.74, 6) is -0.151. The van der Waals surface area contributed by atoms with Crippen LogP contribution in [0.4, 0.5) is 10.5 Å². The summed E-state index contributed by atoms with van der Waals surface area (Å²) in [6.07, 6.45) is 4.87. The lowest BCUT2D eigenvalue weighted by Gasteiger charge is -2.20. The van der Waals surface area contributed by atoms with Gasteiger partial charge in [-0.25, -0.2) is 4.79 Å². The summed E-state index contributed by atoms with van der Waals surface area (Å²) in [4.78, 5) is 28.5. The van der Waals surface area contributed by atoms with E-state index in [0.717, 1.165) is 12.1 Å². The number of nitrogens with zero attached hydrogens (tertiary/aromatic N) is 2. The first kappa shape index (κ1) is 20.4. The Morgan fingerprint density at radius 2 is 1.70 bits per heavy atom. The minimum absolute atomic E-state index is 0.151. The van der Waals surface area contributed by atoms with Crippen LogP contribution in [-0.4, -0.2) is 43.1 Å². The van der Waals surface area contributed by atoms with Gasteiger partial charge in [-0.3, -0.25) is 14.6 Å². The van der Waals surface area contributed by atoms with Gasteiger partial charge in [-0.15, -0.1) is 0 Å². The molecule has 4 rings (SSSR count). The third-order valence-electron chi connectivity index (χ3n) is 5.73. The summed E-state index contributed by atoms with van der Waals surface area (Å²) in [5.41, 5.74) is 3.60. The van der Waals surface area contributed by atoms with Gasteiger partial charge in [0.1, 0.15) is 6.61 Å². The van der Waals surface area contributed by atoms with Crippen LogP contribution < -0.4 is 10.2 Å². The van der Waals surface area contributed by atoms with E-state index < -0.39 is 0 Å². The molecule has 2 aliphatic rings. The highest BCUT2D eigenvalue weighted by molar-refractivity contribution is 5.97. The van der Waals surface area contributed by atoms with Crippen LogP contribution in [0, 0.1) is 0 Å². The van der Waals surface area contributed by atoms with E-state index >= 15 is 0 Å². The number of cyclic esters (lactones) is 1. The molecule has 6 heteroatoms. The third-order valence-corrected chi connectivity index (χ3v) is 5.73. The largest absolute Gasteiger partial charge is 0.447 e. The van der Waals surface area contributed by atoms with Gasteiger partial charge in [-0.05, 0) is 55.3 Å². The van der Waals surface area contributed by atoms with Crippen molar-refractivity contribution in [3.05, 3.63) is 65.2 Å². The minimum atomic E-state index is -0.367. The lowest BCUT2D eigenvalue weighted by atomic mass is 10.1. The second-order valence-electron chi connectivity index (χ2n) is 8.01. The summed E-state index contributed by atoms with van der Waals surface area (Å²) >= 11 is 0. The maximum absolute atomic E-state index is 12.7. The van der Waals surface area contributed by atoms with Crippen molar-refractivity contribution in [3.8, 4) is 0 Å². The van der Waals surface area contributed by atoms with Crippen LogP contribution in [0.1, 0.15) is 47.2 Å². The average Bonchev–Trinajstić information content (AvgIpc) is 3.03. The van der Waals surface area contributed by atoms with Crippen molar-refractivity contribution in [1.82, 2.24) is 10.2 Å². The van der Waals surface area contributed by atoms with Crippen molar-refractivity contribution in [2.45, 2.75) is 38.8 Å². The molecule has 2 amide bonds. The number of carbonyl (C=O) groups is 2. The van der Waals surface area contributed by atoms with Crippen molar-refractivity contribution in [2.75, 3.05) is 31.1 Å². The topological polar surface area (TPSA) is 61.9 Å². The molecule has 0 aliphatic carbocycles. The second kappa shape index (κ2) is 9.76. The van der Waals surface area contributed by atoms with Gasteiger partial charge < -0.3 is 10.1 Å². The predicted molar refractivity (Wildman–Crippen MR) is 116 cm³/mol. The Morgan fingerprint density at radius 1 is 0.933 bits per heavy atom. The van der Waals surface area contributed by atoms with Crippen molar-refractivity contribution in [1.29, 1.82) is 0 Å². The highest BCUT2D eigenvalue weighted by atomic mass is 16.6. The lowest BCUT2D eigenvalue weighted by molar-refractivity contribution is 0.0950. The minimum Gasteiger partial charge on any atom is -0.447 e. The van der Waals surface area contributed by atoms with Gasteiger partial charge in [0.05, 0.1) is 6.54 Å². The Labute approximate surface area is 177 Å². The van der Waals surface area contributed by atoms with Gasteiger partial charge in [-0.2, -0.15) is 0 Å². The number of hydrogen-bond donors (Lipinski definition) is 1. The van der Waals surface area contributed by atoms with Crippen LogP contribution in [-0.2, 0) is 17.8 Å². The van der Waals surface area contributed by atoms with Gasteiger partial charge in [0, 0.05) is 24.3 Å². The standard InChI is InChI=1S/C24H29N3O3/c28-23(21-9-6-10-22(16-21)27-13-14-30-24(27)29)25-17-19-7-5-8-20(15-19)18-26-11-3-1-2-4-12-26/h5-10,15-16H,1-4,11-14,17-18H2,(H,25,28). The maximum atomic E-state index is 12.7. The van der Waals surface area contributed by atoms with Crippen LogP contribution in [0.25, 0.3) is 0 Å². The third kappa shape index (κ3) is 5.19. The van der Waals surface area contributed by atoms with Crippen molar-refractivity contribution >= 4 is 17.7 Å². The van der Waals surface area contributed by atoms with Crippen LogP contribution >= 0.6 is 0 Å². The molecule has 2 fully saturated rings. The number of nitrogens with one attached hydrogen (secondary N) is 1. The molecule has 30 heavy (non-hydrogen) atoms. The van der Waals surface area contributed by atoms with E-state index in [1.54, 1.807) is 23.1 Å². The Kier molecular flexibility index (Phi) is 6.64. The Bertz CT molecular complexity index is 891. The van der Waals surface area contributed by atoms with E-state index in [0.29, 0.717) is 30.9 Å². The molecule has 0 radical (unpaired) electrons. The van der Waals surface area contributed by atoms with E-state index in [4.69, 9.17) is 4.74 Å². The number of benzene rings is 2. The van der Waals surface area contributed by atoms with E-state index in [1.807, 2.05) is 12.1 Å². The first-order valence-corrected chi connectivity index (χ1v) is 10.8. The number of ether oxygens (including phenoxy) is 1. The van der Waals surface area contributed by atoms with Gasteiger partial charge >= 0.3 is 6.09 Å². The molecule has 158 valence electrons. The number of likely N-dealkylation sites (tertiary alicyclic amines) is 1. The van der Waals surface area contributed by atoms with Crippen molar-refractivity contribution in [2.24, 2.45) is 0 Å². The van der Waals surface area contributed by atoms with E-state index in [2.05, 4.69) is 28.4 Å². The lowest BCUT2D eigenvalue weighted by Crippen LogP contribution is -2.26. The zero-order valence-corrected chi connectivity index (χ0v) is 17.3. The molecular weight excluding hydrogens is 378 g/mol. The molecule has 2 heterocycles. The van der Waals surface area contributed by atoms with Crippen LogP contribution in [0.2, 0.25) is 0 Å². The van der Waals surface area contributed by atoms with Crippen molar-refractivity contribution in [3.63, 3.8) is 0 Å². The quantitative estimate of drug-likeness (QED) is 0.788. The monoisotopic (exact) mass is 407 g/mol. The highest BCUT2D eigenvalue weighted by Crippen LogP contribution is 2.20. The molecule has 0 aromatic heterocycles. The smallest absolute Gasteiger partial charge is 0.414 e. The first-order chi connectivity index (χ1) is 14.7. The zero-order chi connectivity index (χ0) is 20.8. The number of amides is 2. The molecule has 0 spiro atoms. The molecule has 2 saturated heterocycles. The summed E-state index contributed by atoms with van der Waals surface area (Å²) in [5, 5.41) is 3.00. The molecule has 0 saturated carbocycles. The van der Waals surface area contributed by atoms with Crippen LogP contribution in [0.3, 0.4) is 0 Å². The van der Waals surface area contributed by atoms with Gasteiger partial charge in [0.2, 0.25) is 0 Å². The molecule has 2 aliphatic heterocycles. The Balaban J connectivity index is 1.35. The first-order valence-electron chi connectivity index (χ1n) is 10.8. The molecule has 1 N–H and O–H groups in total. The van der Waals surface area contributed by atoms with E-state index in [1.165, 1.54) is 44.3 Å². The van der Waals surface area contributed by atoms with Crippen molar-refractivity contribution < 1.29 is 14.3 Å². The fourth-order valence-corrected chi connectivity index (χ4v) is 4.12. The molecule has 0 bridgehead atoms.